The Morgan fingerprint density at radius 3 is 0.865 bits per heavy atom. The Morgan fingerprint density at radius 2 is 0.577 bits per heavy atom. The fourth-order valence-corrected chi connectivity index (χ4v) is 6.28. The maximum atomic E-state index is 7.82. The molecule has 0 unspecified atom stereocenters. The van der Waals surface area contributed by atoms with E-state index in [-0.39, 0.29) is 93.8 Å². The van der Waals surface area contributed by atoms with Crippen LogP contribution < -0.4 is 0 Å². The SMILES string of the molecule is Cc1[c-]c(C)c(C)c(C)c1C.Cc1c(C)c(C)c(Br)c(C)c1C.Cc1c(C)c(C)c([NH-])c(C)c1C.Cc1cc(C)c(C)c(C)c1C.[CH3-].[CH3-].[CH3-].[NH2-].[Y+3].[Y+3]. The predicted molar refractivity (Wildman–Crippen MR) is 236 cm³/mol. The monoisotopic (exact) mass is 922 g/mol. The van der Waals surface area contributed by atoms with Crippen molar-refractivity contribution in [3.63, 3.8) is 0 Å². The summed E-state index contributed by atoms with van der Waals surface area (Å²) in [5.74, 6) is 0. The molecule has 0 saturated carbocycles. The van der Waals surface area contributed by atoms with Crippen molar-refractivity contribution in [1.82, 2.24) is 0 Å². The Kier molecular flexibility index (Phi) is 32.9. The van der Waals surface area contributed by atoms with E-state index in [0.717, 1.165) is 11.1 Å². The summed E-state index contributed by atoms with van der Waals surface area (Å²) < 4.78 is 1.27. The van der Waals surface area contributed by atoms with Gasteiger partial charge in [-0.2, -0.15) is 33.9 Å². The van der Waals surface area contributed by atoms with E-state index >= 15 is 0 Å². The van der Waals surface area contributed by atoms with E-state index in [1.165, 1.54) is 105 Å². The topological polar surface area (TPSA) is 57.3 Å². The van der Waals surface area contributed by atoms with Crippen LogP contribution in [0, 0.1) is 167 Å². The molecule has 4 rings (SSSR count). The smallest absolute Gasteiger partial charge is 0.698 e. The van der Waals surface area contributed by atoms with Crippen molar-refractivity contribution in [1.29, 1.82) is 0 Å². The van der Waals surface area contributed by atoms with E-state index in [0.29, 0.717) is 5.69 Å². The normalized spacial score (nSPS) is 9.17. The molecule has 4 aromatic carbocycles. The van der Waals surface area contributed by atoms with Crippen LogP contribution in [0.15, 0.2) is 10.5 Å². The Hall–Kier alpha value is -0.672. The first-order valence-corrected chi connectivity index (χ1v) is 17.3. The molecule has 0 aliphatic rings. The summed E-state index contributed by atoms with van der Waals surface area (Å²) in [6.07, 6.45) is 0. The van der Waals surface area contributed by atoms with Gasteiger partial charge >= 0.3 is 65.4 Å². The number of nitrogens with two attached hydrogens (primary N) is 1. The predicted octanol–water partition coefficient (Wildman–Crippen LogP) is 16.2. The van der Waals surface area contributed by atoms with Gasteiger partial charge in [-0.25, -0.2) is 0 Å². The third-order valence-electron chi connectivity index (χ3n) is 11.3. The van der Waals surface area contributed by atoms with Crippen LogP contribution in [0.3, 0.4) is 0 Å². The van der Waals surface area contributed by atoms with Crippen LogP contribution in [0.25, 0.3) is 11.9 Å². The molecule has 0 amide bonds. The van der Waals surface area contributed by atoms with Gasteiger partial charge in [0, 0.05) is 4.47 Å². The molecule has 3 N–H and O–H groups in total. The van der Waals surface area contributed by atoms with E-state index in [4.69, 9.17) is 5.73 Å². The molecule has 4 aromatic rings. The Morgan fingerprint density at radius 1 is 0.365 bits per heavy atom. The molecule has 0 radical (unpaired) electrons. The second-order valence-corrected chi connectivity index (χ2v) is 14.4. The van der Waals surface area contributed by atoms with Gasteiger partial charge in [-0.3, -0.25) is 0 Å². The molecule has 0 aliphatic heterocycles. The first-order valence-electron chi connectivity index (χ1n) is 16.5. The van der Waals surface area contributed by atoms with Gasteiger partial charge in [0.05, 0.1) is 0 Å². The van der Waals surface area contributed by atoms with Crippen molar-refractivity contribution in [3.8, 4) is 0 Å². The zero-order valence-electron chi connectivity index (χ0n) is 37.7. The third-order valence-corrected chi connectivity index (χ3v) is 12.5. The van der Waals surface area contributed by atoms with E-state index in [1.54, 1.807) is 0 Å². The maximum Gasteiger partial charge on any atom is 3.00 e. The largest absolute Gasteiger partial charge is 3.00 e. The maximum absolute atomic E-state index is 7.82. The minimum absolute atomic E-state index is 0. The number of benzene rings is 4. The molecule has 5 heteroatoms. The van der Waals surface area contributed by atoms with Gasteiger partial charge in [0.25, 0.3) is 0 Å². The molecular formula is C47H73BrN2Y2. The quantitative estimate of drug-likeness (QED) is 0.158. The summed E-state index contributed by atoms with van der Waals surface area (Å²) in [5, 5.41) is 0. The van der Waals surface area contributed by atoms with Gasteiger partial charge in [-0.1, -0.05) is 67.7 Å². The Balaban J connectivity index is -0.000000131. The number of aryl methyl sites for hydroxylation is 4. The first kappa shape index (κ1) is 63.3. The Bertz CT molecular complexity index is 1360. The van der Waals surface area contributed by atoms with Gasteiger partial charge in [-0.05, 0) is 176 Å². The van der Waals surface area contributed by atoms with Gasteiger partial charge in [-0.15, -0.1) is 5.69 Å². The molecule has 0 aliphatic carbocycles. The standard InChI is InChI=1S/C11H15Br.C11H16N.C11H16.C11H15.3CH3.H2N.2Y/c2*1-6-7(2)9(4)11(12)10(5)8(6)3;2*1-7-6-8(2)10(4)11(5)9(7)3;;;;;;/h1-5H3;12H,1-5H3;6H,1-5H3;1-5H3;3*1H3;1H2;;/q;-1;;5*-1;2*+3. The summed E-state index contributed by atoms with van der Waals surface area (Å²) in [5.41, 5.74) is 35.5. The second-order valence-electron chi connectivity index (χ2n) is 13.6. The van der Waals surface area contributed by atoms with Gasteiger partial charge in [0.2, 0.25) is 0 Å². The summed E-state index contributed by atoms with van der Waals surface area (Å²) in [4.78, 5) is 0. The van der Waals surface area contributed by atoms with Crippen LogP contribution in [0.1, 0.15) is 111 Å². The minimum atomic E-state index is 0. The number of halogens is 1. The zero-order valence-corrected chi connectivity index (χ0v) is 44.9. The van der Waals surface area contributed by atoms with Gasteiger partial charge in [0.1, 0.15) is 0 Å². The van der Waals surface area contributed by atoms with Crippen molar-refractivity contribution < 1.29 is 65.4 Å². The fourth-order valence-electron chi connectivity index (χ4n) is 5.68. The molecular weight excluding hydrogens is 850 g/mol. The molecule has 0 bridgehead atoms. The van der Waals surface area contributed by atoms with Gasteiger partial charge < -0.3 is 34.2 Å². The summed E-state index contributed by atoms with van der Waals surface area (Å²) >= 11 is 3.61. The number of hydrogen-bond acceptors (Lipinski definition) is 0. The van der Waals surface area contributed by atoms with E-state index in [9.17, 15) is 0 Å². The number of nitrogens with one attached hydrogen (secondary N) is 1. The van der Waals surface area contributed by atoms with Crippen LogP contribution >= 0.6 is 15.9 Å². The van der Waals surface area contributed by atoms with E-state index in [2.05, 4.69) is 153 Å². The van der Waals surface area contributed by atoms with Crippen LogP contribution in [0.5, 0.6) is 0 Å². The molecule has 284 valence electrons. The third kappa shape index (κ3) is 15.1. The Labute approximate surface area is 383 Å². The first-order chi connectivity index (χ1) is 21.0. The van der Waals surface area contributed by atoms with Gasteiger partial charge in [0.15, 0.2) is 0 Å². The number of hydrogen-bond donors (Lipinski definition) is 0. The molecule has 52 heavy (non-hydrogen) atoms. The van der Waals surface area contributed by atoms with Crippen molar-refractivity contribution in [2.24, 2.45) is 0 Å². The minimum Gasteiger partial charge on any atom is -0.698 e. The van der Waals surface area contributed by atoms with E-state index in [1.807, 2.05) is 13.8 Å². The molecule has 0 saturated heterocycles. The molecule has 0 aromatic heterocycles. The molecule has 0 atom stereocenters. The molecule has 2 nitrogen and oxygen atoms in total. The van der Waals surface area contributed by atoms with Crippen molar-refractivity contribution >= 4 is 21.6 Å². The molecule has 0 fully saturated rings. The van der Waals surface area contributed by atoms with Crippen LogP contribution in [-0.2, 0) is 65.4 Å². The average molecular weight is 924 g/mol. The van der Waals surface area contributed by atoms with Crippen LogP contribution in [0.2, 0.25) is 0 Å². The molecule has 0 heterocycles. The van der Waals surface area contributed by atoms with Crippen molar-refractivity contribution in [3.05, 3.63) is 162 Å². The van der Waals surface area contributed by atoms with Crippen molar-refractivity contribution in [2.75, 3.05) is 0 Å². The molecule has 0 spiro atoms. The summed E-state index contributed by atoms with van der Waals surface area (Å²) in [7, 11) is 0. The average Bonchev–Trinajstić information content (AvgIpc) is 3.03. The van der Waals surface area contributed by atoms with E-state index < -0.39 is 0 Å². The fraction of sp³-hybridized carbons (Fsp3) is 0.426. The van der Waals surface area contributed by atoms with Crippen molar-refractivity contribution in [2.45, 2.75) is 138 Å². The zero-order chi connectivity index (χ0) is 36.1. The second kappa shape index (κ2) is 27.0. The number of rotatable bonds is 0. The summed E-state index contributed by atoms with van der Waals surface area (Å²) in [6.45, 7) is 42.9. The van der Waals surface area contributed by atoms with Crippen LogP contribution in [0.4, 0.5) is 5.69 Å². The van der Waals surface area contributed by atoms with Crippen LogP contribution in [-0.4, -0.2) is 0 Å². The summed E-state index contributed by atoms with van der Waals surface area (Å²) in [6, 6.07) is 5.61.